The Bertz CT molecular complexity index is 1230. The Morgan fingerprint density at radius 2 is 1.69 bits per heavy atom. The first kappa shape index (κ1) is 31.3. The van der Waals surface area contributed by atoms with Crippen LogP contribution in [0.2, 0.25) is 0 Å². The second kappa shape index (κ2) is 14.5. The summed E-state index contributed by atoms with van der Waals surface area (Å²) >= 11 is 0. The number of hydrogen-bond acceptors (Lipinski definition) is 6. The zero-order valence-corrected chi connectivity index (χ0v) is 25.2. The van der Waals surface area contributed by atoms with Gasteiger partial charge in [0.2, 0.25) is 11.8 Å². The number of anilines is 2. The highest BCUT2D eigenvalue weighted by Gasteiger charge is 2.58. The summed E-state index contributed by atoms with van der Waals surface area (Å²) in [6, 6.07) is 15.8. The van der Waals surface area contributed by atoms with Crippen molar-refractivity contribution in [3.8, 4) is 0 Å². The Balaban J connectivity index is 1.71. The monoisotopic (exact) mass is 575 g/mol. The molecule has 0 unspecified atom stereocenters. The maximum Gasteiger partial charge on any atom is 0.310 e. The summed E-state index contributed by atoms with van der Waals surface area (Å²) in [7, 11) is 0. The van der Waals surface area contributed by atoms with Crippen molar-refractivity contribution in [1.29, 1.82) is 0 Å². The highest BCUT2D eigenvalue weighted by Crippen LogP contribution is 2.46. The molecule has 0 saturated carbocycles. The fraction of sp³-hybridized carbons (Fsp3) is 0.500. The van der Waals surface area contributed by atoms with Gasteiger partial charge >= 0.3 is 5.97 Å². The van der Waals surface area contributed by atoms with E-state index in [1.807, 2.05) is 73.7 Å². The van der Waals surface area contributed by atoms with Crippen LogP contribution >= 0.6 is 0 Å². The molecule has 6 atom stereocenters. The third-order valence-corrected chi connectivity index (χ3v) is 8.68. The number of nitrogens with zero attached hydrogens (tertiary/aromatic N) is 2. The molecule has 42 heavy (non-hydrogen) atoms. The van der Waals surface area contributed by atoms with Crippen LogP contribution in [-0.2, 0) is 25.5 Å². The predicted octanol–water partition coefficient (Wildman–Crippen LogP) is 4.68. The molecule has 2 amide bonds. The first-order valence-corrected chi connectivity index (χ1v) is 15.4. The lowest BCUT2D eigenvalue weighted by Crippen LogP contribution is -2.51. The highest BCUT2D eigenvalue weighted by atomic mass is 16.5. The van der Waals surface area contributed by atoms with E-state index in [9.17, 15) is 19.5 Å². The minimum Gasteiger partial charge on any atom is -0.466 e. The van der Waals surface area contributed by atoms with Crippen LogP contribution in [0, 0.1) is 23.7 Å². The van der Waals surface area contributed by atoms with Crippen molar-refractivity contribution in [3.63, 3.8) is 0 Å². The SMILES string of the molecule is CCC[C@@H]1C=C[C@H]2[C@@H](C(=O)N([C@@H](CO)Cc3ccccc3)[C@@H]2C(=O)Nc2ccc(N(CC)CC)cc2)[C@@H]1C(=O)OCC. The summed E-state index contributed by atoms with van der Waals surface area (Å²) in [6.07, 6.45) is 5.91. The Morgan fingerprint density at radius 1 is 1.00 bits per heavy atom. The van der Waals surface area contributed by atoms with E-state index in [2.05, 4.69) is 24.1 Å². The smallest absolute Gasteiger partial charge is 0.310 e. The van der Waals surface area contributed by atoms with Crippen LogP contribution in [0.5, 0.6) is 0 Å². The number of aliphatic hydroxyl groups is 1. The molecule has 1 saturated heterocycles. The van der Waals surface area contributed by atoms with Gasteiger partial charge in [0.15, 0.2) is 0 Å². The summed E-state index contributed by atoms with van der Waals surface area (Å²) in [5, 5.41) is 13.6. The number of hydrogen-bond donors (Lipinski definition) is 2. The average Bonchev–Trinajstić information content (AvgIpc) is 3.30. The molecule has 0 spiro atoms. The molecule has 8 nitrogen and oxygen atoms in total. The molecule has 2 aliphatic rings. The van der Waals surface area contributed by atoms with Crippen LogP contribution in [-0.4, -0.2) is 66.2 Å². The summed E-state index contributed by atoms with van der Waals surface area (Å²) in [4.78, 5) is 45.5. The fourth-order valence-electron chi connectivity index (χ4n) is 6.71. The molecular weight excluding hydrogens is 530 g/mol. The lowest BCUT2D eigenvalue weighted by atomic mass is 9.69. The quantitative estimate of drug-likeness (QED) is 0.266. The van der Waals surface area contributed by atoms with Crippen LogP contribution in [0.1, 0.15) is 46.1 Å². The lowest BCUT2D eigenvalue weighted by molar-refractivity contribution is -0.156. The molecule has 226 valence electrons. The van der Waals surface area contributed by atoms with Gasteiger partial charge in [-0.25, -0.2) is 0 Å². The van der Waals surface area contributed by atoms with Crippen molar-refractivity contribution >= 4 is 29.2 Å². The first-order valence-electron chi connectivity index (χ1n) is 15.4. The number of carbonyl (C=O) groups is 3. The van der Waals surface area contributed by atoms with Gasteiger partial charge in [0.1, 0.15) is 6.04 Å². The van der Waals surface area contributed by atoms with Gasteiger partial charge < -0.3 is 25.0 Å². The Morgan fingerprint density at radius 3 is 2.29 bits per heavy atom. The number of rotatable bonds is 13. The molecule has 8 heteroatoms. The van der Waals surface area contributed by atoms with Crippen molar-refractivity contribution in [1.82, 2.24) is 4.90 Å². The Kier molecular flexibility index (Phi) is 10.8. The average molecular weight is 576 g/mol. The van der Waals surface area contributed by atoms with E-state index in [4.69, 9.17) is 4.74 Å². The maximum absolute atomic E-state index is 14.3. The van der Waals surface area contributed by atoms with Gasteiger partial charge in [-0.05, 0) is 69.4 Å². The summed E-state index contributed by atoms with van der Waals surface area (Å²) in [5.41, 5.74) is 2.64. The molecule has 4 rings (SSSR count). The van der Waals surface area contributed by atoms with Gasteiger partial charge in [0.05, 0.1) is 31.1 Å². The molecule has 1 fully saturated rings. The predicted molar refractivity (Wildman–Crippen MR) is 165 cm³/mol. The van der Waals surface area contributed by atoms with E-state index < -0.39 is 35.8 Å². The standard InChI is InChI=1S/C34H45N3O5/c1-5-12-24-15-20-28-30(29(24)34(41)42-8-4)33(40)37(27(22-38)21-23-13-10-9-11-14-23)31(28)32(39)35-25-16-18-26(19-17-25)36(6-2)7-3/h9-11,13-20,24,27-31,38H,5-8,12,21-22H2,1-4H3,(H,35,39)/t24-,27-,28+,29-,30-,31+/m1/s1. The van der Waals surface area contributed by atoms with E-state index >= 15 is 0 Å². The fourth-order valence-corrected chi connectivity index (χ4v) is 6.71. The molecule has 2 N–H and O–H groups in total. The molecule has 0 radical (unpaired) electrons. The summed E-state index contributed by atoms with van der Waals surface area (Å²) in [6.45, 7) is 9.66. The number of ether oxygens (including phenoxy) is 1. The number of benzene rings is 2. The number of carbonyl (C=O) groups excluding carboxylic acids is 3. The van der Waals surface area contributed by atoms with E-state index in [0.717, 1.165) is 37.2 Å². The minimum absolute atomic E-state index is 0.155. The molecule has 1 aliphatic heterocycles. The van der Waals surface area contributed by atoms with E-state index in [0.29, 0.717) is 12.1 Å². The topological polar surface area (TPSA) is 99.2 Å². The number of likely N-dealkylation sites (tertiary alicyclic amines) is 1. The Hall–Kier alpha value is -3.65. The number of esters is 1. The van der Waals surface area contributed by atoms with Crippen molar-refractivity contribution in [2.24, 2.45) is 23.7 Å². The van der Waals surface area contributed by atoms with Gasteiger partial charge in [-0.2, -0.15) is 0 Å². The second-order valence-electron chi connectivity index (χ2n) is 11.1. The molecule has 2 aromatic rings. The molecule has 0 bridgehead atoms. The van der Waals surface area contributed by atoms with Crippen LogP contribution in [0.15, 0.2) is 66.7 Å². The lowest BCUT2D eigenvalue weighted by Gasteiger charge is -2.34. The molecule has 0 aromatic heterocycles. The molecule has 1 aliphatic carbocycles. The van der Waals surface area contributed by atoms with Gasteiger partial charge in [0, 0.05) is 30.4 Å². The van der Waals surface area contributed by atoms with Crippen molar-refractivity contribution < 1.29 is 24.2 Å². The van der Waals surface area contributed by atoms with Gasteiger partial charge in [-0.3, -0.25) is 14.4 Å². The Labute approximate surface area is 249 Å². The van der Waals surface area contributed by atoms with Crippen LogP contribution < -0.4 is 10.2 Å². The van der Waals surface area contributed by atoms with Crippen molar-refractivity contribution in [2.75, 3.05) is 36.5 Å². The number of allylic oxidation sites excluding steroid dienone is 1. The maximum atomic E-state index is 14.3. The van der Waals surface area contributed by atoms with E-state index in [1.54, 1.807) is 11.8 Å². The zero-order chi connectivity index (χ0) is 30.2. The third kappa shape index (κ3) is 6.54. The van der Waals surface area contributed by atoms with Crippen LogP contribution in [0.4, 0.5) is 11.4 Å². The van der Waals surface area contributed by atoms with Crippen molar-refractivity contribution in [3.05, 3.63) is 72.3 Å². The largest absolute Gasteiger partial charge is 0.466 e. The number of fused-ring (bicyclic) bond motifs is 1. The third-order valence-electron chi connectivity index (χ3n) is 8.68. The van der Waals surface area contributed by atoms with Crippen LogP contribution in [0.3, 0.4) is 0 Å². The second-order valence-corrected chi connectivity index (χ2v) is 11.1. The normalized spacial score (nSPS) is 23.8. The minimum atomic E-state index is -0.887. The van der Waals surface area contributed by atoms with Gasteiger partial charge in [-0.15, -0.1) is 0 Å². The highest BCUT2D eigenvalue weighted by molar-refractivity contribution is 6.02. The van der Waals surface area contributed by atoms with E-state index in [-0.39, 0.29) is 30.9 Å². The summed E-state index contributed by atoms with van der Waals surface area (Å²) in [5.74, 6) is -3.12. The first-order chi connectivity index (χ1) is 20.4. The van der Waals surface area contributed by atoms with Gasteiger partial charge in [0.25, 0.3) is 0 Å². The molecule has 1 heterocycles. The van der Waals surface area contributed by atoms with Crippen molar-refractivity contribution in [2.45, 2.75) is 59.0 Å². The van der Waals surface area contributed by atoms with Gasteiger partial charge in [-0.1, -0.05) is 55.8 Å². The summed E-state index contributed by atoms with van der Waals surface area (Å²) < 4.78 is 5.47. The molecular formula is C34H45N3O5. The van der Waals surface area contributed by atoms with E-state index in [1.165, 1.54) is 0 Å². The number of amides is 2. The van der Waals surface area contributed by atoms with Crippen LogP contribution in [0.25, 0.3) is 0 Å². The molecule has 2 aromatic carbocycles. The zero-order valence-electron chi connectivity index (χ0n) is 25.2. The number of aliphatic hydroxyl groups excluding tert-OH is 1. The number of nitrogens with one attached hydrogen (secondary N) is 1.